The van der Waals surface area contributed by atoms with Crippen LogP contribution >= 0.6 is 0 Å². The van der Waals surface area contributed by atoms with E-state index in [1.807, 2.05) is 0 Å². The average molecular weight is 448 g/mol. The summed E-state index contributed by atoms with van der Waals surface area (Å²) in [6.07, 6.45) is 5.41. The van der Waals surface area contributed by atoms with E-state index in [0.29, 0.717) is 6.92 Å². The van der Waals surface area contributed by atoms with Crippen molar-refractivity contribution in [1.29, 1.82) is 0 Å². The van der Waals surface area contributed by atoms with Crippen molar-refractivity contribution in [1.82, 2.24) is 14.5 Å². The smallest absolute Gasteiger partial charge is 0.273 e. The van der Waals surface area contributed by atoms with E-state index in [4.69, 9.17) is 6.42 Å². The molecule has 1 fully saturated rings. The lowest BCUT2D eigenvalue weighted by atomic mass is 10.00. The van der Waals surface area contributed by atoms with E-state index >= 15 is 0 Å². The van der Waals surface area contributed by atoms with Gasteiger partial charge in [-0.25, -0.2) is 31.9 Å². The first-order chi connectivity index (χ1) is 15.1. The Labute approximate surface area is 179 Å². The van der Waals surface area contributed by atoms with Crippen molar-refractivity contribution >= 4 is 16.7 Å². The number of anilines is 1. The molecule has 0 amide bonds. The van der Waals surface area contributed by atoms with Gasteiger partial charge in [-0.15, -0.1) is 6.42 Å². The van der Waals surface area contributed by atoms with Crippen LogP contribution in [0.3, 0.4) is 0 Å². The number of halogens is 5. The summed E-state index contributed by atoms with van der Waals surface area (Å²) in [4.78, 5) is 20.4. The third kappa shape index (κ3) is 3.57. The second kappa shape index (κ2) is 7.58. The van der Waals surface area contributed by atoms with Crippen LogP contribution in [-0.4, -0.2) is 21.0 Å². The molecule has 1 atom stereocenters. The monoisotopic (exact) mass is 448 g/mol. The van der Waals surface area contributed by atoms with Gasteiger partial charge >= 0.3 is 0 Å². The molecule has 0 aliphatic heterocycles. The fourth-order valence-electron chi connectivity index (χ4n) is 3.64. The van der Waals surface area contributed by atoms with Crippen molar-refractivity contribution in [2.45, 2.75) is 43.7 Å². The van der Waals surface area contributed by atoms with Crippen LogP contribution in [0.4, 0.5) is 27.8 Å². The molecule has 0 bridgehead atoms. The van der Waals surface area contributed by atoms with Crippen LogP contribution in [0.2, 0.25) is 0 Å². The molecule has 3 aromatic rings. The maximum Gasteiger partial charge on any atom is 0.273 e. The number of nitrogens with zero attached hydrogens (tertiary/aromatic N) is 3. The summed E-state index contributed by atoms with van der Waals surface area (Å²) in [5.74, 6) is -2.25. The zero-order valence-corrected chi connectivity index (χ0v) is 16.8. The van der Waals surface area contributed by atoms with Crippen LogP contribution in [-0.2, 0) is 11.5 Å². The van der Waals surface area contributed by atoms with Gasteiger partial charge in [-0.05, 0) is 12.8 Å². The zero-order chi connectivity index (χ0) is 23.3. The van der Waals surface area contributed by atoms with Crippen LogP contribution < -0.4 is 10.9 Å². The van der Waals surface area contributed by atoms with E-state index in [0.717, 1.165) is 23.0 Å². The third-order valence-electron chi connectivity index (χ3n) is 5.58. The highest BCUT2D eigenvalue weighted by atomic mass is 19.3. The van der Waals surface area contributed by atoms with Gasteiger partial charge in [0.2, 0.25) is 0 Å². The molecule has 0 unspecified atom stereocenters. The second-order valence-electron chi connectivity index (χ2n) is 7.75. The minimum Gasteiger partial charge on any atom is -0.352 e. The largest absolute Gasteiger partial charge is 0.352 e. The van der Waals surface area contributed by atoms with Crippen LogP contribution in [0, 0.1) is 18.2 Å². The normalized spacial score (nSPS) is 16.1. The zero-order valence-electron chi connectivity index (χ0n) is 16.8. The fraction of sp³-hybridized carbons (Fsp3) is 0.318. The molecule has 1 N–H and O–H groups in total. The predicted molar refractivity (Wildman–Crippen MR) is 108 cm³/mol. The molecule has 0 radical (unpaired) electrons. The summed E-state index contributed by atoms with van der Waals surface area (Å²) in [5, 5.41) is 2.99. The van der Waals surface area contributed by atoms with Crippen LogP contribution in [0.15, 0.2) is 41.6 Å². The van der Waals surface area contributed by atoms with Gasteiger partial charge in [-0.3, -0.25) is 4.79 Å². The maximum atomic E-state index is 14.8. The van der Waals surface area contributed by atoms with Gasteiger partial charge in [-0.1, -0.05) is 24.1 Å². The molecule has 1 aromatic carbocycles. The van der Waals surface area contributed by atoms with E-state index in [1.54, 1.807) is 0 Å². The Bertz CT molecular complexity index is 1290. The van der Waals surface area contributed by atoms with Crippen LogP contribution in [0.5, 0.6) is 0 Å². The van der Waals surface area contributed by atoms with Crippen molar-refractivity contribution < 1.29 is 22.0 Å². The van der Waals surface area contributed by atoms with Crippen molar-refractivity contribution in [2.24, 2.45) is 0 Å². The van der Waals surface area contributed by atoms with E-state index < -0.39 is 40.9 Å². The highest BCUT2D eigenvalue weighted by molar-refractivity contribution is 5.88. The number of aromatic nitrogens is 3. The van der Waals surface area contributed by atoms with Crippen LogP contribution in [0.25, 0.3) is 10.9 Å². The topological polar surface area (TPSA) is 59.8 Å². The Balaban J connectivity index is 1.79. The summed E-state index contributed by atoms with van der Waals surface area (Å²) >= 11 is 0. The lowest BCUT2D eigenvalue weighted by Crippen LogP contribution is -2.35. The van der Waals surface area contributed by atoms with Gasteiger partial charge < -0.3 is 9.88 Å². The van der Waals surface area contributed by atoms with Gasteiger partial charge in [-0.2, -0.15) is 0 Å². The number of fused-ring (bicyclic) bond motifs is 1. The summed E-state index contributed by atoms with van der Waals surface area (Å²) in [5.41, 5.74) is -3.09. The molecular formula is C22H17F5N4O. The maximum absolute atomic E-state index is 14.8. The van der Waals surface area contributed by atoms with E-state index in [1.165, 1.54) is 18.3 Å². The van der Waals surface area contributed by atoms with Gasteiger partial charge in [0, 0.05) is 24.8 Å². The second-order valence-corrected chi connectivity index (χ2v) is 7.75. The molecule has 0 spiro atoms. The van der Waals surface area contributed by atoms with Crippen molar-refractivity contribution in [3.8, 4) is 12.3 Å². The van der Waals surface area contributed by atoms with Gasteiger partial charge in [0.1, 0.15) is 29.5 Å². The molecule has 166 valence electrons. The quantitative estimate of drug-likeness (QED) is 0.443. The van der Waals surface area contributed by atoms with Gasteiger partial charge in [0.05, 0.1) is 16.5 Å². The molecule has 1 saturated carbocycles. The highest BCUT2D eigenvalue weighted by Crippen LogP contribution is 2.48. The van der Waals surface area contributed by atoms with Crippen molar-refractivity contribution in [3.05, 3.63) is 64.1 Å². The standard InChI is InChI=1S/C22H17F5N4O/c1-3-15(12-5-4-6-14(18(12)23)21(2,26)27)30-19-13-10-31(22(7-8-22)20(24)25)17(32)9-16(13)28-11-29-19/h1,4-6,9-11,15,20H,7-8H2,2H3,(H,28,29,30)/t15-/m1/s1. The summed E-state index contributed by atoms with van der Waals surface area (Å²) in [6.45, 7) is 0.571. The number of rotatable bonds is 6. The lowest BCUT2D eigenvalue weighted by Gasteiger charge is -2.21. The van der Waals surface area contributed by atoms with E-state index in [2.05, 4.69) is 21.2 Å². The molecule has 1 aliphatic carbocycles. The molecule has 4 rings (SSSR count). The molecule has 32 heavy (non-hydrogen) atoms. The molecule has 2 aromatic heterocycles. The average Bonchev–Trinajstić information content (AvgIpc) is 3.53. The van der Waals surface area contributed by atoms with Crippen molar-refractivity contribution in [3.63, 3.8) is 0 Å². The predicted octanol–water partition coefficient (Wildman–Crippen LogP) is 4.58. The minimum absolute atomic E-state index is 0.0461. The summed E-state index contributed by atoms with van der Waals surface area (Å²) < 4.78 is 70.4. The SMILES string of the molecule is C#C[C@@H](Nc1ncnc2cc(=O)n(C3(C(F)F)CC3)cc12)c1cccc(C(C)(F)F)c1F. The number of nitrogens with one attached hydrogen (secondary N) is 1. The first-order valence-corrected chi connectivity index (χ1v) is 9.64. The number of alkyl halides is 4. The highest BCUT2D eigenvalue weighted by Gasteiger charge is 2.53. The Kier molecular flexibility index (Phi) is 5.15. The lowest BCUT2D eigenvalue weighted by molar-refractivity contribution is 0.0136. The number of pyridine rings is 1. The molecule has 2 heterocycles. The minimum atomic E-state index is -3.43. The fourth-order valence-corrected chi connectivity index (χ4v) is 3.64. The number of hydrogen-bond acceptors (Lipinski definition) is 4. The van der Waals surface area contributed by atoms with Gasteiger partial charge in [0.25, 0.3) is 17.9 Å². The first kappa shape index (κ1) is 21.7. The van der Waals surface area contributed by atoms with E-state index in [9.17, 15) is 26.7 Å². The molecule has 1 aliphatic rings. The van der Waals surface area contributed by atoms with Crippen molar-refractivity contribution in [2.75, 3.05) is 5.32 Å². The summed E-state index contributed by atoms with van der Waals surface area (Å²) in [7, 11) is 0. The van der Waals surface area contributed by atoms with Crippen LogP contribution in [0.1, 0.15) is 36.9 Å². The van der Waals surface area contributed by atoms with E-state index in [-0.39, 0.29) is 35.1 Å². The first-order valence-electron chi connectivity index (χ1n) is 9.64. The Morgan fingerprint density at radius 2 is 2.00 bits per heavy atom. The Morgan fingerprint density at radius 3 is 2.59 bits per heavy atom. The third-order valence-corrected chi connectivity index (χ3v) is 5.58. The Hall–Kier alpha value is -3.48. The molecule has 5 nitrogen and oxygen atoms in total. The summed E-state index contributed by atoms with van der Waals surface area (Å²) in [6, 6.07) is 3.38. The number of hydrogen-bond donors (Lipinski definition) is 1. The Morgan fingerprint density at radius 1 is 1.28 bits per heavy atom. The molecule has 10 heteroatoms. The number of terminal acetylenes is 1. The van der Waals surface area contributed by atoms with Gasteiger partial charge in [0.15, 0.2) is 0 Å². The number of benzene rings is 1. The molecular weight excluding hydrogens is 431 g/mol. The molecule has 0 saturated heterocycles.